The van der Waals surface area contributed by atoms with E-state index in [1.165, 1.54) is 6.92 Å². The topological polar surface area (TPSA) is 77.8 Å². The largest absolute Gasteiger partial charge is 0.491 e. The lowest BCUT2D eigenvalue weighted by molar-refractivity contribution is 0.0697. The van der Waals surface area contributed by atoms with Crippen molar-refractivity contribution in [1.29, 1.82) is 0 Å². The fourth-order valence-electron chi connectivity index (χ4n) is 1.11. The average Bonchev–Trinajstić information content (AvgIpc) is 2.08. The third kappa shape index (κ3) is 1.91. The normalized spacial score (nSPS) is 10.0. The Bertz CT molecular complexity index is 378. The van der Waals surface area contributed by atoms with E-state index in [2.05, 4.69) is 0 Å². The van der Waals surface area contributed by atoms with Crippen molar-refractivity contribution in [2.45, 2.75) is 6.92 Å². The van der Waals surface area contributed by atoms with E-state index in [9.17, 15) is 9.18 Å². The van der Waals surface area contributed by atoms with Gasteiger partial charge in [0.05, 0.1) is 5.56 Å². The maximum atomic E-state index is 13.2. The van der Waals surface area contributed by atoms with Gasteiger partial charge in [-0.05, 0) is 24.6 Å². The van der Waals surface area contributed by atoms with Gasteiger partial charge in [-0.1, -0.05) is 0 Å². The summed E-state index contributed by atoms with van der Waals surface area (Å²) in [7, 11) is -2.01. The minimum absolute atomic E-state index is 0.0630. The zero-order valence-electron chi connectivity index (χ0n) is 7.36. The predicted octanol–water partition coefficient (Wildman–Crippen LogP) is -0.488. The third-order valence-electron chi connectivity index (χ3n) is 1.81. The van der Waals surface area contributed by atoms with Gasteiger partial charge >= 0.3 is 13.1 Å². The molecule has 0 aliphatic rings. The molecule has 0 bridgehead atoms. The minimum Gasteiger partial charge on any atom is -0.478 e. The number of carboxylic acid groups (broad SMARTS) is 1. The molecule has 0 fully saturated rings. The second-order valence-corrected chi connectivity index (χ2v) is 2.88. The molecular formula is C8H8BFO4. The first-order chi connectivity index (χ1) is 6.43. The molecule has 0 aromatic heterocycles. The predicted molar refractivity (Wildman–Crippen MR) is 47.9 cm³/mol. The standard InChI is InChI=1S/C8H8BFO4/c1-4-2-5(8(11)12)3-6(7(4)10)9(13)14/h2-3,13-14H,1H3,(H,11,12). The Hall–Kier alpha value is -1.40. The fraction of sp³-hybridized carbons (Fsp3) is 0.125. The Morgan fingerprint density at radius 1 is 1.43 bits per heavy atom. The van der Waals surface area contributed by atoms with Crippen molar-refractivity contribution in [1.82, 2.24) is 0 Å². The van der Waals surface area contributed by atoms with Gasteiger partial charge in [0.25, 0.3) is 0 Å². The van der Waals surface area contributed by atoms with Crippen LogP contribution in [-0.4, -0.2) is 28.2 Å². The van der Waals surface area contributed by atoms with Gasteiger partial charge in [0.1, 0.15) is 5.82 Å². The number of aromatic carboxylic acids is 1. The second-order valence-electron chi connectivity index (χ2n) is 2.88. The molecule has 6 heteroatoms. The van der Waals surface area contributed by atoms with Crippen LogP contribution in [0.2, 0.25) is 0 Å². The number of carbonyl (C=O) groups is 1. The van der Waals surface area contributed by atoms with E-state index in [0.29, 0.717) is 0 Å². The summed E-state index contributed by atoms with van der Waals surface area (Å²) in [6.45, 7) is 1.35. The quantitative estimate of drug-likeness (QED) is 0.560. The molecule has 0 heterocycles. The molecule has 3 N–H and O–H groups in total. The minimum atomic E-state index is -2.01. The third-order valence-corrected chi connectivity index (χ3v) is 1.81. The van der Waals surface area contributed by atoms with Crippen molar-refractivity contribution in [3.05, 3.63) is 29.1 Å². The molecule has 0 spiro atoms. The van der Waals surface area contributed by atoms with Crippen molar-refractivity contribution in [2.24, 2.45) is 0 Å². The van der Waals surface area contributed by atoms with Crippen LogP contribution in [0.15, 0.2) is 12.1 Å². The number of benzene rings is 1. The molecule has 1 aromatic carbocycles. The summed E-state index contributed by atoms with van der Waals surface area (Å²) in [6, 6.07) is 2.03. The van der Waals surface area contributed by atoms with Crippen LogP contribution in [0.5, 0.6) is 0 Å². The van der Waals surface area contributed by atoms with Crippen LogP contribution < -0.4 is 5.46 Å². The molecular weight excluding hydrogens is 190 g/mol. The zero-order valence-corrected chi connectivity index (χ0v) is 7.36. The van der Waals surface area contributed by atoms with Gasteiger partial charge in [0.15, 0.2) is 0 Å². The van der Waals surface area contributed by atoms with Gasteiger partial charge < -0.3 is 15.2 Å². The van der Waals surface area contributed by atoms with E-state index in [0.717, 1.165) is 12.1 Å². The van der Waals surface area contributed by atoms with Gasteiger partial charge in [0, 0.05) is 5.46 Å². The SMILES string of the molecule is Cc1cc(C(=O)O)cc(B(O)O)c1F. The van der Waals surface area contributed by atoms with Crippen molar-refractivity contribution in [3.8, 4) is 0 Å². The van der Waals surface area contributed by atoms with Crippen LogP contribution in [0, 0.1) is 12.7 Å². The second kappa shape index (κ2) is 3.77. The van der Waals surface area contributed by atoms with E-state index < -0.39 is 24.4 Å². The van der Waals surface area contributed by atoms with Crippen molar-refractivity contribution >= 4 is 18.6 Å². The highest BCUT2D eigenvalue weighted by atomic mass is 19.1. The molecule has 0 amide bonds. The number of aryl methyl sites for hydroxylation is 1. The summed E-state index contributed by atoms with van der Waals surface area (Å²) >= 11 is 0. The average molecular weight is 198 g/mol. The number of carboxylic acids is 1. The molecule has 0 atom stereocenters. The summed E-state index contributed by atoms with van der Waals surface area (Å²) in [5.74, 6) is -2.04. The molecule has 0 radical (unpaired) electrons. The fourth-order valence-corrected chi connectivity index (χ4v) is 1.11. The van der Waals surface area contributed by atoms with Gasteiger partial charge in [-0.2, -0.15) is 0 Å². The molecule has 0 aliphatic heterocycles. The molecule has 0 saturated heterocycles. The molecule has 0 aliphatic carbocycles. The zero-order chi connectivity index (χ0) is 10.9. The Morgan fingerprint density at radius 2 is 2.00 bits per heavy atom. The highest BCUT2D eigenvalue weighted by Gasteiger charge is 2.20. The smallest absolute Gasteiger partial charge is 0.478 e. The van der Waals surface area contributed by atoms with Gasteiger partial charge in [-0.25, -0.2) is 9.18 Å². The van der Waals surface area contributed by atoms with E-state index in [1.54, 1.807) is 0 Å². The summed E-state index contributed by atoms with van der Waals surface area (Å²) in [5, 5.41) is 26.1. The molecule has 4 nitrogen and oxygen atoms in total. The number of halogens is 1. The first-order valence-electron chi connectivity index (χ1n) is 3.83. The first-order valence-corrected chi connectivity index (χ1v) is 3.83. The van der Waals surface area contributed by atoms with Crippen LogP contribution in [0.25, 0.3) is 0 Å². The molecule has 0 unspecified atom stereocenters. The maximum absolute atomic E-state index is 13.2. The lowest BCUT2D eigenvalue weighted by atomic mass is 9.78. The first kappa shape index (κ1) is 10.7. The summed E-state index contributed by atoms with van der Waals surface area (Å²) in [6.07, 6.45) is 0. The number of hydrogen-bond donors (Lipinski definition) is 3. The Balaban J connectivity index is 3.35. The highest BCUT2D eigenvalue weighted by Crippen LogP contribution is 2.07. The summed E-state index contributed by atoms with van der Waals surface area (Å²) < 4.78 is 13.2. The van der Waals surface area contributed by atoms with E-state index in [1.807, 2.05) is 0 Å². The highest BCUT2D eigenvalue weighted by molar-refractivity contribution is 6.58. The van der Waals surface area contributed by atoms with Crippen LogP contribution >= 0.6 is 0 Å². The number of hydrogen-bond acceptors (Lipinski definition) is 3. The summed E-state index contributed by atoms with van der Waals surface area (Å²) in [5.41, 5.74) is -0.539. The van der Waals surface area contributed by atoms with Gasteiger partial charge in [-0.3, -0.25) is 0 Å². The van der Waals surface area contributed by atoms with Crippen molar-refractivity contribution in [3.63, 3.8) is 0 Å². The monoisotopic (exact) mass is 198 g/mol. The lowest BCUT2D eigenvalue weighted by Gasteiger charge is -2.06. The molecule has 0 saturated carbocycles. The lowest BCUT2D eigenvalue weighted by Crippen LogP contribution is -2.34. The van der Waals surface area contributed by atoms with Crippen molar-refractivity contribution in [2.75, 3.05) is 0 Å². The van der Waals surface area contributed by atoms with Crippen LogP contribution in [-0.2, 0) is 0 Å². The Kier molecular flexibility index (Phi) is 2.88. The van der Waals surface area contributed by atoms with Crippen LogP contribution in [0.4, 0.5) is 4.39 Å². The van der Waals surface area contributed by atoms with Gasteiger partial charge in [0.2, 0.25) is 0 Å². The Morgan fingerprint density at radius 3 is 2.43 bits per heavy atom. The Labute approximate surface area is 79.8 Å². The van der Waals surface area contributed by atoms with E-state index in [-0.39, 0.29) is 11.1 Å². The van der Waals surface area contributed by atoms with Crippen molar-refractivity contribution < 1.29 is 24.3 Å². The van der Waals surface area contributed by atoms with Gasteiger partial charge in [-0.15, -0.1) is 0 Å². The maximum Gasteiger partial charge on any atom is 0.491 e. The molecule has 74 valence electrons. The van der Waals surface area contributed by atoms with E-state index in [4.69, 9.17) is 15.2 Å². The number of rotatable bonds is 2. The van der Waals surface area contributed by atoms with Crippen LogP contribution in [0.1, 0.15) is 15.9 Å². The molecule has 1 rings (SSSR count). The summed E-state index contributed by atoms with van der Waals surface area (Å²) in [4.78, 5) is 10.6. The van der Waals surface area contributed by atoms with E-state index >= 15 is 0 Å². The molecule has 14 heavy (non-hydrogen) atoms. The van der Waals surface area contributed by atoms with Crippen LogP contribution in [0.3, 0.4) is 0 Å². The molecule has 1 aromatic rings.